The van der Waals surface area contributed by atoms with Gasteiger partial charge in [0, 0.05) is 12.8 Å². The quantitative estimate of drug-likeness (QED) is 0.389. The van der Waals surface area contributed by atoms with E-state index in [0.29, 0.717) is 12.8 Å². The topological polar surface area (TPSA) is 41.3 Å². The Balaban J connectivity index is 2.63. The Labute approximate surface area is 77.2 Å². The number of rotatable bonds is 2. The van der Waals surface area contributed by atoms with Gasteiger partial charge in [-0.05, 0) is 26.9 Å². The molecule has 0 aromatic heterocycles. The molecule has 0 radical (unpaired) electrons. The van der Waals surface area contributed by atoms with E-state index >= 15 is 0 Å². The van der Waals surface area contributed by atoms with E-state index in [0.717, 1.165) is 0 Å². The van der Waals surface area contributed by atoms with Gasteiger partial charge in [-0.25, -0.2) is 14.2 Å². The highest BCUT2D eigenvalue weighted by Crippen LogP contribution is 2.38. The Morgan fingerprint density at radius 1 is 1.15 bits per heavy atom. The number of hydrogen-bond acceptors (Lipinski definition) is 3. The monoisotopic (exact) mass is 193 g/mol. The second-order valence-corrected chi connectivity index (χ2v) is 3.93. The van der Waals surface area contributed by atoms with Gasteiger partial charge < -0.3 is 0 Å². The van der Waals surface area contributed by atoms with Crippen molar-refractivity contribution in [2.75, 3.05) is 14.1 Å². The molecule has 0 heterocycles. The molecule has 1 aliphatic rings. The summed E-state index contributed by atoms with van der Waals surface area (Å²) in [7, 11) is 3.70. The van der Waals surface area contributed by atoms with Gasteiger partial charge in [-0.3, -0.25) is 10.7 Å². The first-order valence-corrected chi connectivity index (χ1v) is 4.45. The Bertz CT molecular complexity index is 172. The Hall–Kier alpha value is -0.260. The number of alkyl halides is 2. The molecule has 0 amide bonds. The first kappa shape index (κ1) is 10.8. The Morgan fingerprint density at radius 2 is 1.62 bits per heavy atom. The number of nitrogens with one attached hydrogen (secondary N) is 1. The Kier molecular flexibility index (Phi) is 2.89. The molecule has 78 valence electrons. The van der Waals surface area contributed by atoms with E-state index in [1.54, 1.807) is 0 Å². The van der Waals surface area contributed by atoms with Gasteiger partial charge in [-0.1, -0.05) is 0 Å². The third kappa shape index (κ3) is 2.15. The van der Waals surface area contributed by atoms with Gasteiger partial charge >= 0.3 is 0 Å². The minimum atomic E-state index is -2.50. The molecule has 0 spiro atoms. The molecule has 3 N–H and O–H groups in total. The van der Waals surface area contributed by atoms with Crippen molar-refractivity contribution in [2.24, 2.45) is 5.84 Å². The molecule has 0 aromatic rings. The Morgan fingerprint density at radius 3 is 1.92 bits per heavy atom. The van der Waals surface area contributed by atoms with Crippen LogP contribution in [0.1, 0.15) is 25.7 Å². The highest BCUT2D eigenvalue weighted by atomic mass is 19.3. The fourth-order valence-electron chi connectivity index (χ4n) is 1.75. The van der Waals surface area contributed by atoms with Crippen molar-refractivity contribution in [1.82, 2.24) is 10.3 Å². The molecule has 1 fully saturated rings. The van der Waals surface area contributed by atoms with Crippen LogP contribution in [0.5, 0.6) is 0 Å². The first-order chi connectivity index (χ1) is 5.92. The maximum atomic E-state index is 12.9. The molecule has 1 aliphatic carbocycles. The zero-order valence-corrected chi connectivity index (χ0v) is 8.11. The average molecular weight is 193 g/mol. The van der Waals surface area contributed by atoms with Crippen LogP contribution in [0.3, 0.4) is 0 Å². The highest BCUT2D eigenvalue weighted by Gasteiger charge is 2.43. The zero-order chi connectivity index (χ0) is 10.1. The summed E-state index contributed by atoms with van der Waals surface area (Å²) >= 11 is 0. The number of hydrazine groups is 1. The third-order valence-electron chi connectivity index (χ3n) is 2.93. The standard InChI is InChI=1S/C8H17F2N3/c1-13(2)8(12-11)5-3-7(9,10)4-6-8/h12H,3-6,11H2,1-2H3. The van der Waals surface area contributed by atoms with E-state index in [1.165, 1.54) is 0 Å². The summed E-state index contributed by atoms with van der Waals surface area (Å²) in [6.07, 6.45) is 0.609. The van der Waals surface area contributed by atoms with Crippen LogP contribution in [-0.2, 0) is 0 Å². The largest absolute Gasteiger partial charge is 0.291 e. The summed E-state index contributed by atoms with van der Waals surface area (Å²) in [6.45, 7) is 0. The van der Waals surface area contributed by atoms with E-state index in [1.807, 2.05) is 19.0 Å². The molecular formula is C8H17F2N3. The molecule has 13 heavy (non-hydrogen) atoms. The van der Waals surface area contributed by atoms with Crippen LogP contribution in [0.25, 0.3) is 0 Å². The minimum absolute atomic E-state index is 0.0879. The summed E-state index contributed by atoms with van der Waals surface area (Å²) in [4.78, 5) is 1.88. The summed E-state index contributed by atoms with van der Waals surface area (Å²) in [5.74, 6) is 2.89. The van der Waals surface area contributed by atoms with E-state index in [2.05, 4.69) is 5.43 Å². The number of hydrogen-bond donors (Lipinski definition) is 2. The van der Waals surface area contributed by atoms with Crippen molar-refractivity contribution in [3.63, 3.8) is 0 Å². The number of nitrogens with two attached hydrogens (primary N) is 1. The lowest BCUT2D eigenvalue weighted by Gasteiger charge is -2.44. The van der Waals surface area contributed by atoms with E-state index < -0.39 is 11.6 Å². The van der Waals surface area contributed by atoms with Gasteiger partial charge in [0.2, 0.25) is 5.92 Å². The van der Waals surface area contributed by atoms with Crippen LogP contribution in [-0.4, -0.2) is 30.6 Å². The molecule has 3 nitrogen and oxygen atoms in total. The maximum Gasteiger partial charge on any atom is 0.248 e. The zero-order valence-electron chi connectivity index (χ0n) is 8.11. The molecule has 0 bridgehead atoms. The smallest absolute Gasteiger partial charge is 0.248 e. The lowest BCUT2D eigenvalue weighted by atomic mass is 9.86. The molecule has 0 atom stereocenters. The van der Waals surface area contributed by atoms with E-state index in [9.17, 15) is 8.78 Å². The summed E-state index contributed by atoms with van der Waals surface area (Å²) < 4.78 is 25.7. The molecule has 1 saturated carbocycles. The molecule has 0 aliphatic heterocycles. The van der Waals surface area contributed by atoms with Crippen molar-refractivity contribution >= 4 is 0 Å². The van der Waals surface area contributed by atoms with Crippen molar-refractivity contribution in [1.29, 1.82) is 0 Å². The van der Waals surface area contributed by atoms with E-state index in [4.69, 9.17) is 5.84 Å². The minimum Gasteiger partial charge on any atom is -0.291 e. The molecule has 1 rings (SSSR count). The maximum absolute atomic E-state index is 12.9. The van der Waals surface area contributed by atoms with Crippen LogP contribution in [0.2, 0.25) is 0 Å². The number of halogens is 2. The van der Waals surface area contributed by atoms with Gasteiger partial charge in [0.05, 0.1) is 5.66 Å². The van der Waals surface area contributed by atoms with Gasteiger partial charge in [-0.15, -0.1) is 0 Å². The number of nitrogens with zero attached hydrogens (tertiary/aromatic N) is 1. The van der Waals surface area contributed by atoms with Gasteiger partial charge in [0.1, 0.15) is 0 Å². The normalized spacial score (nSPS) is 26.3. The SMILES string of the molecule is CN(C)C1(NN)CCC(F)(F)CC1. The predicted octanol–water partition coefficient (Wildman–Crippen LogP) is 0.917. The van der Waals surface area contributed by atoms with Crippen LogP contribution in [0.15, 0.2) is 0 Å². The van der Waals surface area contributed by atoms with Gasteiger partial charge in [-0.2, -0.15) is 0 Å². The lowest BCUT2D eigenvalue weighted by Crippen LogP contribution is -2.61. The van der Waals surface area contributed by atoms with Crippen molar-refractivity contribution in [3.8, 4) is 0 Å². The molecule has 0 unspecified atom stereocenters. The van der Waals surface area contributed by atoms with Crippen LogP contribution >= 0.6 is 0 Å². The highest BCUT2D eigenvalue weighted by molar-refractivity contribution is 4.91. The fourth-order valence-corrected chi connectivity index (χ4v) is 1.75. The molecule has 0 aromatic carbocycles. The van der Waals surface area contributed by atoms with E-state index in [-0.39, 0.29) is 12.8 Å². The van der Waals surface area contributed by atoms with Crippen LogP contribution < -0.4 is 11.3 Å². The summed E-state index contributed by atoms with van der Waals surface area (Å²) in [5.41, 5.74) is 2.20. The second-order valence-electron chi connectivity index (χ2n) is 3.93. The van der Waals surface area contributed by atoms with Crippen LogP contribution in [0.4, 0.5) is 8.78 Å². The van der Waals surface area contributed by atoms with Crippen molar-refractivity contribution in [3.05, 3.63) is 0 Å². The second kappa shape index (κ2) is 3.48. The first-order valence-electron chi connectivity index (χ1n) is 4.45. The third-order valence-corrected chi connectivity index (χ3v) is 2.93. The van der Waals surface area contributed by atoms with Crippen molar-refractivity contribution in [2.45, 2.75) is 37.3 Å². The summed E-state index contributed by atoms with van der Waals surface area (Å²) in [5, 5.41) is 0. The predicted molar refractivity (Wildman–Crippen MR) is 47.2 cm³/mol. The van der Waals surface area contributed by atoms with Gasteiger partial charge in [0.15, 0.2) is 0 Å². The van der Waals surface area contributed by atoms with Crippen molar-refractivity contribution < 1.29 is 8.78 Å². The lowest BCUT2D eigenvalue weighted by molar-refractivity contribution is -0.0827. The fraction of sp³-hybridized carbons (Fsp3) is 1.00. The summed E-state index contributed by atoms with van der Waals surface area (Å²) in [6, 6.07) is 0. The van der Waals surface area contributed by atoms with Gasteiger partial charge in [0.25, 0.3) is 0 Å². The average Bonchev–Trinajstić information content (AvgIpc) is 2.05. The molecule has 0 saturated heterocycles. The molecular weight excluding hydrogens is 176 g/mol. The molecule has 5 heteroatoms. The van der Waals surface area contributed by atoms with Crippen LogP contribution in [0, 0.1) is 0 Å².